The third kappa shape index (κ3) is 4.44. The van der Waals surface area contributed by atoms with Crippen LogP contribution in [0.5, 0.6) is 0 Å². The van der Waals surface area contributed by atoms with Crippen LogP contribution in [0.1, 0.15) is 33.8 Å². The number of thiophene rings is 1. The topological polar surface area (TPSA) is 46.8 Å². The molecule has 4 aromatic rings. The number of carbonyl (C=O) groups excluding carboxylic acids is 1. The van der Waals surface area contributed by atoms with E-state index in [0.717, 1.165) is 47.0 Å². The molecule has 0 spiro atoms. The molecule has 1 fully saturated rings. The van der Waals surface area contributed by atoms with E-state index < -0.39 is 0 Å². The summed E-state index contributed by atoms with van der Waals surface area (Å²) >= 11 is 3.15. The Kier molecular flexibility index (Phi) is 5.89. The monoisotopic (exact) mass is 451 g/mol. The third-order valence-electron chi connectivity index (χ3n) is 5.74. The molecule has 0 radical (unpaired) electrons. The molecule has 1 unspecified atom stereocenters. The molecule has 160 valence electrons. The first-order valence-electron chi connectivity index (χ1n) is 10.6. The predicted molar refractivity (Wildman–Crippen MR) is 126 cm³/mol. The number of aromatic nitrogens is 2. The van der Waals surface area contributed by atoms with Gasteiger partial charge in [-0.1, -0.05) is 35.9 Å². The van der Waals surface area contributed by atoms with Crippen molar-refractivity contribution in [2.45, 2.75) is 32.3 Å². The number of fused-ring (bicyclic) bond motifs is 1. The molecule has 4 heterocycles. The van der Waals surface area contributed by atoms with Crippen LogP contribution in [0.25, 0.3) is 16.2 Å². The molecule has 0 saturated carbocycles. The second-order valence-corrected chi connectivity index (χ2v) is 9.77. The van der Waals surface area contributed by atoms with E-state index in [9.17, 15) is 4.79 Å². The quantitative estimate of drug-likeness (QED) is 0.383. The van der Waals surface area contributed by atoms with Crippen molar-refractivity contribution in [3.05, 3.63) is 69.5 Å². The fourth-order valence-corrected chi connectivity index (χ4v) is 5.59. The van der Waals surface area contributed by atoms with Gasteiger partial charge in [0, 0.05) is 49.0 Å². The number of imidazole rings is 1. The van der Waals surface area contributed by atoms with Gasteiger partial charge < -0.3 is 9.64 Å². The summed E-state index contributed by atoms with van der Waals surface area (Å²) in [6.45, 7) is 4.21. The Hall–Kier alpha value is -2.48. The van der Waals surface area contributed by atoms with Crippen molar-refractivity contribution >= 4 is 33.5 Å². The number of rotatable bonds is 7. The van der Waals surface area contributed by atoms with Gasteiger partial charge in [-0.25, -0.2) is 4.98 Å². The highest BCUT2D eigenvalue weighted by molar-refractivity contribution is 7.15. The first-order chi connectivity index (χ1) is 15.2. The summed E-state index contributed by atoms with van der Waals surface area (Å²) in [5, 5.41) is 4.11. The van der Waals surface area contributed by atoms with Crippen LogP contribution in [0.3, 0.4) is 0 Å². The molecule has 3 aromatic heterocycles. The van der Waals surface area contributed by atoms with Crippen LogP contribution >= 0.6 is 22.7 Å². The molecule has 1 saturated heterocycles. The summed E-state index contributed by atoms with van der Waals surface area (Å²) in [7, 11) is 0. The molecule has 1 aromatic carbocycles. The van der Waals surface area contributed by atoms with Gasteiger partial charge in [0.05, 0.1) is 16.7 Å². The maximum absolute atomic E-state index is 13.1. The van der Waals surface area contributed by atoms with Crippen LogP contribution in [-0.4, -0.2) is 46.0 Å². The summed E-state index contributed by atoms with van der Waals surface area (Å²) in [6, 6.07) is 12.3. The van der Waals surface area contributed by atoms with Crippen molar-refractivity contribution in [2.24, 2.45) is 0 Å². The van der Waals surface area contributed by atoms with Gasteiger partial charge in [0.25, 0.3) is 5.91 Å². The first kappa shape index (κ1) is 20.4. The highest BCUT2D eigenvalue weighted by Gasteiger charge is 2.24. The number of hydrogen-bond acceptors (Lipinski definition) is 5. The van der Waals surface area contributed by atoms with Crippen LogP contribution in [0.4, 0.5) is 0 Å². The Morgan fingerprint density at radius 1 is 1.26 bits per heavy atom. The van der Waals surface area contributed by atoms with E-state index in [4.69, 9.17) is 9.72 Å². The molecule has 1 amide bonds. The van der Waals surface area contributed by atoms with E-state index in [1.54, 1.807) is 11.3 Å². The summed E-state index contributed by atoms with van der Waals surface area (Å²) in [4.78, 5) is 21.6. The van der Waals surface area contributed by atoms with Crippen molar-refractivity contribution in [1.29, 1.82) is 0 Å². The van der Waals surface area contributed by atoms with Gasteiger partial charge in [0.1, 0.15) is 0 Å². The Labute approximate surface area is 189 Å². The zero-order chi connectivity index (χ0) is 21.2. The minimum atomic E-state index is 0.1000. The van der Waals surface area contributed by atoms with Crippen LogP contribution in [-0.2, 0) is 11.2 Å². The van der Waals surface area contributed by atoms with E-state index in [1.165, 1.54) is 22.6 Å². The van der Waals surface area contributed by atoms with E-state index in [1.807, 2.05) is 22.4 Å². The molecule has 5 rings (SSSR count). The van der Waals surface area contributed by atoms with E-state index in [-0.39, 0.29) is 12.0 Å². The molecule has 7 heteroatoms. The standard InChI is InChI=1S/C24H25N3O2S2/c1-17-6-8-18(9-7-17)21-15-27-19(16-31-24(27)25-21)10-11-26(14-20-4-2-12-29-20)23(28)22-5-3-13-30-22/h3,5-9,13,15-16,20H,2,4,10-12,14H2,1H3. The van der Waals surface area contributed by atoms with Gasteiger partial charge in [-0.05, 0) is 31.2 Å². The molecular formula is C24H25N3O2S2. The van der Waals surface area contributed by atoms with Crippen LogP contribution < -0.4 is 0 Å². The average molecular weight is 452 g/mol. The van der Waals surface area contributed by atoms with Crippen molar-refractivity contribution in [3.8, 4) is 11.3 Å². The van der Waals surface area contributed by atoms with E-state index in [0.29, 0.717) is 13.1 Å². The van der Waals surface area contributed by atoms with Crippen molar-refractivity contribution in [1.82, 2.24) is 14.3 Å². The van der Waals surface area contributed by atoms with Crippen molar-refractivity contribution in [3.63, 3.8) is 0 Å². The lowest BCUT2D eigenvalue weighted by molar-refractivity contribution is 0.0532. The number of amides is 1. The van der Waals surface area contributed by atoms with Gasteiger partial charge in [-0.2, -0.15) is 0 Å². The Balaban J connectivity index is 1.34. The highest BCUT2D eigenvalue weighted by Crippen LogP contribution is 2.25. The smallest absolute Gasteiger partial charge is 0.264 e. The summed E-state index contributed by atoms with van der Waals surface area (Å²) < 4.78 is 7.98. The number of nitrogens with zero attached hydrogens (tertiary/aromatic N) is 3. The maximum Gasteiger partial charge on any atom is 0.264 e. The lowest BCUT2D eigenvalue weighted by Crippen LogP contribution is -2.38. The summed E-state index contributed by atoms with van der Waals surface area (Å²) in [6.07, 6.45) is 5.14. The molecule has 5 nitrogen and oxygen atoms in total. The fraction of sp³-hybridized carbons (Fsp3) is 0.333. The van der Waals surface area contributed by atoms with Gasteiger partial charge in [0.15, 0.2) is 4.96 Å². The number of aryl methyl sites for hydroxylation is 1. The lowest BCUT2D eigenvalue weighted by Gasteiger charge is -2.25. The Bertz CT molecular complexity index is 1160. The molecular weight excluding hydrogens is 426 g/mol. The molecule has 0 bridgehead atoms. The third-order valence-corrected chi connectivity index (χ3v) is 7.48. The van der Waals surface area contributed by atoms with Crippen molar-refractivity contribution < 1.29 is 9.53 Å². The molecule has 1 aliphatic rings. The number of carbonyl (C=O) groups is 1. The number of thiazole rings is 1. The first-order valence-corrected chi connectivity index (χ1v) is 12.4. The van der Waals surface area contributed by atoms with Crippen molar-refractivity contribution in [2.75, 3.05) is 19.7 Å². The molecule has 0 aliphatic carbocycles. The zero-order valence-electron chi connectivity index (χ0n) is 17.5. The SMILES string of the molecule is Cc1ccc(-c2cn3c(CCN(CC4CCCO4)C(=O)c4cccs4)csc3n2)cc1. The number of ether oxygens (including phenoxy) is 1. The largest absolute Gasteiger partial charge is 0.376 e. The predicted octanol–water partition coefficient (Wildman–Crippen LogP) is 5.30. The van der Waals surface area contributed by atoms with E-state index in [2.05, 4.69) is 47.2 Å². The minimum absolute atomic E-state index is 0.1000. The second kappa shape index (κ2) is 8.94. The fourth-order valence-electron chi connectivity index (χ4n) is 3.99. The van der Waals surface area contributed by atoms with Crippen LogP contribution in [0.2, 0.25) is 0 Å². The average Bonchev–Trinajstić information content (AvgIpc) is 3.57. The maximum atomic E-state index is 13.1. The summed E-state index contributed by atoms with van der Waals surface area (Å²) in [5.74, 6) is 0.1000. The molecule has 1 atom stereocenters. The molecule has 31 heavy (non-hydrogen) atoms. The molecule has 1 aliphatic heterocycles. The van der Waals surface area contributed by atoms with E-state index >= 15 is 0 Å². The highest BCUT2D eigenvalue weighted by atomic mass is 32.1. The number of hydrogen-bond donors (Lipinski definition) is 0. The van der Waals surface area contributed by atoms with Gasteiger partial charge in [-0.15, -0.1) is 22.7 Å². The Morgan fingerprint density at radius 2 is 2.13 bits per heavy atom. The summed E-state index contributed by atoms with van der Waals surface area (Å²) in [5.41, 5.74) is 4.54. The second-order valence-electron chi connectivity index (χ2n) is 7.99. The van der Waals surface area contributed by atoms with Gasteiger partial charge in [-0.3, -0.25) is 9.20 Å². The van der Waals surface area contributed by atoms with Gasteiger partial charge in [0.2, 0.25) is 0 Å². The van der Waals surface area contributed by atoms with Crippen LogP contribution in [0.15, 0.2) is 53.4 Å². The Morgan fingerprint density at radius 3 is 2.87 bits per heavy atom. The van der Waals surface area contributed by atoms with Crippen LogP contribution in [0, 0.1) is 6.92 Å². The normalized spacial score (nSPS) is 16.2. The molecule has 0 N–H and O–H groups in total. The minimum Gasteiger partial charge on any atom is -0.376 e. The van der Waals surface area contributed by atoms with Gasteiger partial charge >= 0.3 is 0 Å². The number of benzene rings is 1. The lowest BCUT2D eigenvalue weighted by atomic mass is 10.1. The zero-order valence-corrected chi connectivity index (χ0v) is 19.1.